The fourth-order valence-corrected chi connectivity index (χ4v) is 5.60. The van der Waals surface area contributed by atoms with Crippen LogP contribution in [0.15, 0.2) is 66.7 Å². The first-order chi connectivity index (χ1) is 22.5. The number of rotatable bonds is 20. The van der Waals surface area contributed by atoms with Gasteiger partial charge in [-0.25, -0.2) is 4.79 Å². The van der Waals surface area contributed by atoms with E-state index in [1.807, 2.05) is 37.3 Å². The first-order valence-electron chi connectivity index (χ1n) is 16.7. The zero-order chi connectivity index (χ0) is 34.3. The molecule has 9 heteroatoms. The first-order valence-corrected chi connectivity index (χ1v) is 16.7. The van der Waals surface area contributed by atoms with E-state index in [4.69, 9.17) is 9.47 Å². The van der Waals surface area contributed by atoms with Crippen LogP contribution >= 0.6 is 0 Å². The number of halogens is 3. The lowest BCUT2D eigenvalue weighted by molar-refractivity contribution is -0.323. The lowest BCUT2D eigenvalue weighted by Crippen LogP contribution is -2.50. The molecule has 256 valence electrons. The van der Waals surface area contributed by atoms with Gasteiger partial charge in [-0.2, -0.15) is 13.2 Å². The van der Waals surface area contributed by atoms with E-state index in [2.05, 4.69) is 6.92 Å². The Kier molecular flexibility index (Phi) is 14.9. The predicted molar refractivity (Wildman–Crippen MR) is 174 cm³/mol. The third kappa shape index (κ3) is 11.5. The normalized spacial score (nSPS) is 17.0. The van der Waals surface area contributed by atoms with Crippen LogP contribution in [0.25, 0.3) is 11.1 Å². The summed E-state index contributed by atoms with van der Waals surface area (Å²) in [5.74, 6) is -3.18. The molecule has 0 bridgehead atoms. The summed E-state index contributed by atoms with van der Waals surface area (Å²) in [5.41, 5.74) is 0.920. The second kappa shape index (κ2) is 18.6. The number of allylic oxidation sites excluding steroid dienone is 2. The summed E-state index contributed by atoms with van der Waals surface area (Å²) in [6.45, 7) is 4.37. The molecule has 3 rings (SSSR count). The van der Waals surface area contributed by atoms with Gasteiger partial charge in [0.15, 0.2) is 0 Å². The molecular formula is C38H46F3O6-. The summed E-state index contributed by atoms with van der Waals surface area (Å²) < 4.78 is 52.0. The predicted octanol–water partition coefficient (Wildman–Crippen LogP) is 8.44. The first kappa shape index (κ1) is 37.7. The Bertz CT molecular complexity index is 1360. The highest BCUT2D eigenvalue weighted by molar-refractivity contribution is 6.01. The Morgan fingerprint density at radius 3 is 2.06 bits per heavy atom. The van der Waals surface area contributed by atoms with Crippen molar-refractivity contribution in [2.45, 2.75) is 115 Å². The zero-order valence-corrected chi connectivity index (χ0v) is 27.4. The van der Waals surface area contributed by atoms with Gasteiger partial charge in [-0.1, -0.05) is 114 Å². The lowest BCUT2D eigenvalue weighted by atomic mass is 9.80. The molecule has 0 saturated heterocycles. The Hall–Kier alpha value is -3.72. The number of carboxylic acid groups (broad SMARTS) is 1. The van der Waals surface area contributed by atoms with Crippen LogP contribution in [0.4, 0.5) is 13.2 Å². The number of Topliss-reactive ketones (excluding diaryl/α,β-unsaturated/α-hetero) is 1. The van der Waals surface area contributed by atoms with Gasteiger partial charge < -0.3 is 19.4 Å². The molecule has 0 spiro atoms. The van der Waals surface area contributed by atoms with Crippen LogP contribution < -0.4 is 5.11 Å². The maximum Gasteiger partial charge on any atom is 0.425 e. The molecule has 2 aromatic carbocycles. The molecule has 2 unspecified atom stereocenters. The van der Waals surface area contributed by atoms with Gasteiger partial charge in [-0.3, -0.25) is 4.79 Å². The average Bonchev–Trinajstić information content (AvgIpc) is 3.06. The van der Waals surface area contributed by atoms with Crippen LogP contribution in [-0.2, 0) is 19.1 Å². The Morgan fingerprint density at radius 2 is 1.45 bits per heavy atom. The highest BCUT2D eigenvalue weighted by atomic mass is 19.4. The van der Waals surface area contributed by atoms with E-state index < -0.39 is 42.0 Å². The van der Waals surface area contributed by atoms with Gasteiger partial charge in [0.1, 0.15) is 11.4 Å². The molecule has 0 N–H and O–H groups in total. The summed E-state index contributed by atoms with van der Waals surface area (Å²) in [4.78, 5) is 37.5. The number of alkyl halides is 3. The van der Waals surface area contributed by atoms with Crippen LogP contribution in [0, 0.1) is 0 Å². The summed E-state index contributed by atoms with van der Waals surface area (Å²) in [6, 6.07) is 15.1. The Labute approximate surface area is 276 Å². The Balaban J connectivity index is 1.80. The number of carboxylic acids is 1. The summed E-state index contributed by atoms with van der Waals surface area (Å²) in [5, 5.41) is 12.5. The number of carbonyl (C=O) groups is 3. The van der Waals surface area contributed by atoms with E-state index in [1.54, 1.807) is 18.2 Å². The molecule has 0 aliphatic heterocycles. The molecule has 2 aromatic rings. The second-order valence-electron chi connectivity index (χ2n) is 12.1. The maximum atomic E-state index is 13.7. The molecule has 0 heterocycles. The minimum atomic E-state index is -4.90. The van der Waals surface area contributed by atoms with Gasteiger partial charge in [-0.05, 0) is 53.3 Å². The van der Waals surface area contributed by atoms with Crippen LogP contribution in [0.5, 0.6) is 0 Å². The highest BCUT2D eigenvalue weighted by Crippen LogP contribution is 2.40. The molecule has 0 fully saturated rings. The summed E-state index contributed by atoms with van der Waals surface area (Å²) in [6.07, 6.45) is 3.92. The van der Waals surface area contributed by atoms with Crippen LogP contribution in [0.1, 0.15) is 119 Å². The minimum Gasteiger partial charge on any atom is -0.547 e. The number of esters is 1. The number of benzene rings is 2. The lowest BCUT2D eigenvalue weighted by Gasteiger charge is -2.36. The zero-order valence-electron chi connectivity index (χ0n) is 27.4. The second-order valence-corrected chi connectivity index (χ2v) is 12.1. The van der Waals surface area contributed by atoms with E-state index in [0.29, 0.717) is 24.0 Å². The number of ketones is 1. The van der Waals surface area contributed by atoms with Crippen molar-refractivity contribution < 1.29 is 42.1 Å². The van der Waals surface area contributed by atoms with E-state index in [9.17, 15) is 32.7 Å². The molecule has 0 amide bonds. The molecule has 0 saturated carbocycles. The largest absolute Gasteiger partial charge is 0.547 e. The summed E-state index contributed by atoms with van der Waals surface area (Å²) >= 11 is 0. The molecule has 1 aliphatic rings. The standard InChI is InChI=1S/C38H47F3O6/c1-3-5-7-9-10-15-25-46-37(36(44)45)24-23-32(28-16-12-11-13-17-28)33(27-37)29-19-21-30(22-20-29)35(43)47-34(38(39,40)41)26-31(42)18-14-8-6-4-2/h11-13,16-17,19-24,34H,3-10,14-15,18,25-27H2,1-2H3,(H,44,45)/p-1. The van der Waals surface area contributed by atoms with Gasteiger partial charge in [-0.15, -0.1) is 0 Å². The molecule has 0 aromatic heterocycles. The van der Waals surface area contributed by atoms with Crippen molar-refractivity contribution >= 4 is 28.9 Å². The van der Waals surface area contributed by atoms with Gasteiger partial charge >= 0.3 is 12.1 Å². The van der Waals surface area contributed by atoms with Crippen LogP contribution in [-0.4, -0.2) is 42.2 Å². The van der Waals surface area contributed by atoms with Crippen molar-refractivity contribution in [1.82, 2.24) is 0 Å². The third-order valence-electron chi connectivity index (χ3n) is 8.38. The van der Waals surface area contributed by atoms with Gasteiger partial charge in [0, 0.05) is 19.4 Å². The molecule has 6 nitrogen and oxygen atoms in total. The summed E-state index contributed by atoms with van der Waals surface area (Å²) in [7, 11) is 0. The third-order valence-corrected chi connectivity index (χ3v) is 8.38. The number of carbonyl (C=O) groups excluding carboxylic acids is 3. The van der Waals surface area contributed by atoms with Gasteiger partial charge in [0.25, 0.3) is 0 Å². The number of hydrogen-bond acceptors (Lipinski definition) is 6. The molecule has 0 radical (unpaired) electrons. The topological polar surface area (TPSA) is 92.7 Å². The molecule has 1 aliphatic carbocycles. The van der Waals surface area contributed by atoms with Gasteiger partial charge in [0.05, 0.1) is 18.0 Å². The van der Waals surface area contributed by atoms with Crippen LogP contribution in [0.2, 0.25) is 0 Å². The molecule has 2 atom stereocenters. The van der Waals surface area contributed by atoms with Gasteiger partial charge in [0.2, 0.25) is 6.10 Å². The van der Waals surface area contributed by atoms with Crippen molar-refractivity contribution in [3.05, 3.63) is 83.4 Å². The number of unbranched alkanes of at least 4 members (excludes halogenated alkanes) is 8. The quantitative estimate of drug-likeness (QED) is 0.105. The number of hydrogen-bond donors (Lipinski definition) is 0. The molecular weight excluding hydrogens is 609 g/mol. The number of aliphatic carboxylic acids is 1. The maximum absolute atomic E-state index is 13.7. The van der Waals surface area contributed by atoms with Crippen molar-refractivity contribution in [3.63, 3.8) is 0 Å². The van der Waals surface area contributed by atoms with Crippen molar-refractivity contribution in [2.75, 3.05) is 6.61 Å². The minimum absolute atomic E-state index is 0.00214. The highest BCUT2D eigenvalue weighted by Gasteiger charge is 2.44. The van der Waals surface area contributed by atoms with Crippen molar-refractivity contribution in [1.29, 1.82) is 0 Å². The SMILES string of the molecule is CCCCCCCCOC1(C(=O)[O-])C=CC(c2ccccc2)=C(c2ccc(C(=O)OC(CC(=O)CCCCCC)C(F)(F)F)cc2)C1. The van der Waals surface area contributed by atoms with Crippen LogP contribution in [0.3, 0.4) is 0 Å². The van der Waals surface area contributed by atoms with E-state index in [0.717, 1.165) is 62.5 Å². The monoisotopic (exact) mass is 655 g/mol. The number of ether oxygens (including phenoxy) is 2. The van der Waals surface area contributed by atoms with Crippen molar-refractivity contribution in [3.8, 4) is 0 Å². The van der Waals surface area contributed by atoms with Crippen molar-refractivity contribution in [2.24, 2.45) is 0 Å². The fourth-order valence-electron chi connectivity index (χ4n) is 5.60. The van der Waals surface area contributed by atoms with E-state index in [-0.39, 0.29) is 25.0 Å². The van der Waals surface area contributed by atoms with E-state index >= 15 is 0 Å². The average molecular weight is 656 g/mol. The smallest absolute Gasteiger partial charge is 0.425 e. The Morgan fingerprint density at radius 1 is 0.830 bits per heavy atom. The fraction of sp³-hybridized carbons (Fsp3) is 0.500. The van der Waals surface area contributed by atoms with E-state index in [1.165, 1.54) is 18.2 Å². The molecule has 47 heavy (non-hydrogen) atoms.